The molecule has 0 fully saturated rings. The lowest BCUT2D eigenvalue weighted by atomic mass is 10.1. The van der Waals surface area contributed by atoms with E-state index in [9.17, 15) is 0 Å². The van der Waals surface area contributed by atoms with Crippen LogP contribution in [0.1, 0.15) is 35.4 Å². The van der Waals surface area contributed by atoms with Crippen LogP contribution in [0.15, 0.2) is 72.8 Å². The quantitative estimate of drug-likeness (QED) is 0.309. The zero-order valence-corrected chi connectivity index (χ0v) is 18.0. The van der Waals surface area contributed by atoms with Gasteiger partial charge in [0.15, 0.2) is 0 Å². The van der Waals surface area contributed by atoms with Gasteiger partial charge in [-0.2, -0.15) is 0 Å². The molecule has 30 heavy (non-hydrogen) atoms. The third-order valence-electron chi connectivity index (χ3n) is 5.58. The molecular formula is C27H30N2O. The van der Waals surface area contributed by atoms with E-state index >= 15 is 0 Å². The monoisotopic (exact) mass is 398 g/mol. The fourth-order valence-electron chi connectivity index (χ4n) is 3.98. The minimum absolute atomic E-state index is 0.746. The summed E-state index contributed by atoms with van der Waals surface area (Å²) in [6.07, 6.45) is 4.07. The van der Waals surface area contributed by atoms with Crippen LogP contribution in [0.25, 0.3) is 11.0 Å². The Balaban J connectivity index is 1.37. The fourth-order valence-corrected chi connectivity index (χ4v) is 3.98. The summed E-state index contributed by atoms with van der Waals surface area (Å²) in [6.45, 7) is 5.94. The lowest BCUT2D eigenvalue weighted by Gasteiger charge is -2.12. The first-order chi connectivity index (χ1) is 14.7. The van der Waals surface area contributed by atoms with Crippen LogP contribution in [0.3, 0.4) is 0 Å². The Hall–Kier alpha value is -3.07. The third-order valence-corrected chi connectivity index (χ3v) is 5.58. The molecule has 0 bridgehead atoms. The molecule has 0 atom stereocenters. The van der Waals surface area contributed by atoms with E-state index < -0.39 is 0 Å². The molecule has 154 valence electrons. The van der Waals surface area contributed by atoms with Gasteiger partial charge in [0.25, 0.3) is 0 Å². The zero-order chi connectivity index (χ0) is 20.8. The van der Waals surface area contributed by atoms with E-state index in [0.29, 0.717) is 0 Å². The summed E-state index contributed by atoms with van der Waals surface area (Å²) in [7, 11) is 0. The number of hydrogen-bond donors (Lipinski definition) is 0. The second-order valence-electron chi connectivity index (χ2n) is 7.98. The van der Waals surface area contributed by atoms with Gasteiger partial charge in [0, 0.05) is 13.0 Å². The van der Waals surface area contributed by atoms with Gasteiger partial charge in [-0.25, -0.2) is 4.98 Å². The highest BCUT2D eigenvalue weighted by molar-refractivity contribution is 5.75. The van der Waals surface area contributed by atoms with Crippen molar-refractivity contribution in [2.24, 2.45) is 0 Å². The number of rotatable bonds is 9. The molecule has 0 amide bonds. The molecule has 3 aromatic carbocycles. The number of nitrogens with zero attached hydrogens (tertiary/aromatic N) is 2. The number of ether oxygens (including phenoxy) is 1. The van der Waals surface area contributed by atoms with Crippen LogP contribution >= 0.6 is 0 Å². The first kappa shape index (κ1) is 20.2. The van der Waals surface area contributed by atoms with Crippen LogP contribution in [0.4, 0.5) is 0 Å². The van der Waals surface area contributed by atoms with Gasteiger partial charge in [0.05, 0.1) is 17.6 Å². The van der Waals surface area contributed by atoms with Crippen molar-refractivity contribution in [3.05, 3.63) is 95.3 Å². The molecule has 0 aliphatic heterocycles. The SMILES string of the molecule is Cc1ccc(OCCCCn2c(CCc3ccccc3)nc3ccccc32)c(C)c1. The molecule has 4 rings (SSSR count). The van der Waals surface area contributed by atoms with E-state index in [4.69, 9.17) is 9.72 Å². The van der Waals surface area contributed by atoms with Crippen molar-refractivity contribution in [2.75, 3.05) is 6.61 Å². The Kier molecular flexibility index (Phi) is 6.48. The normalized spacial score (nSPS) is 11.1. The number of unbranched alkanes of at least 4 members (excludes halogenated alkanes) is 1. The van der Waals surface area contributed by atoms with Crippen molar-refractivity contribution in [1.29, 1.82) is 0 Å². The molecule has 1 heterocycles. The second kappa shape index (κ2) is 9.62. The predicted octanol–water partition coefficient (Wildman–Crippen LogP) is 6.30. The summed E-state index contributed by atoms with van der Waals surface area (Å²) in [5.74, 6) is 2.17. The zero-order valence-electron chi connectivity index (χ0n) is 18.0. The van der Waals surface area contributed by atoms with Crippen molar-refractivity contribution in [3.8, 4) is 5.75 Å². The molecule has 0 N–H and O–H groups in total. The summed E-state index contributed by atoms with van der Waals surface area (Å²) in [5, 5.41) is 0. The summed E-state index contributed by atoms with van der Waals surface area (Å²) in [4.78, 5) is 4.93. The van der Waals surface area contributed by atoms with E-state index in [-0.39, 0.29) is 0 Å². The molecule has 4 aromatic rings. The number of para-hydroxylation sites is 2. The number of aromatic nitrogens is 2. The van der Waals surface area contributed by atoms with Crippen molar-refractivity contribution < 1.29 is 4.74 Å². The maximum absolute atomic E-state index is 6.01. The predicted molar refractivity (Wildman–Crippen MR) is 124 cm³/mol. The van der Waals surface area contributed by atoms with Gasteiger partial charge in [-0.1, -0.05) is 60.2 Å². The van der Waals surface area contributed by atoms with Crippen molar-refractivity contribution in [3.63, 3.8) is 0 Å². The van der Waals surface area contributed by atoms with E-state index in [1.54, 1.807) is 0 Å². The topological polar surface area (TPSA) is 27.1 Å². The first-order valence-corrected chi connectivity index (χ1v) is 10.9. The summed E-state index contributed by atoms with van der Waals surface area (Å²) >= 11 is 0. The molecule has 0 unspecified atom stereocenters. The molecule has 3 nitrogen and oxygen atoms in total. The second-order valence-corrected chi connectivity index (χ2v) is 7.98. The van der Waals surface area contributed by atoms with Gasteiger partial charge >= 0.3 is 0 Å². The Bertz CT molecular complexity index is 1100. The Labute approximate surface area is 179 Å². The highest BCUT2D eigenvalue weighted by Gasteiger charge is 2.10. The lowest BCUT2D eigenvalue weighted by Crippen LogP contribution is -2.07. The molecule has 3 heteroatoms. The van der Waals surface area contributed by atoms with Crippen molar-refractivity contribution in [2.45, 2.75) is 46.1 Å². The van der Waals surface area contributed by atoms with Crippen LogP contribution in [0.5, 0.6) is 5.75 Å². The standard InChI is InChI=1S/C27H30N2O/c1-21-14-16-26(22(2)20-21)30-19-9-8-18-29-25-13-7-6-12-24(25)28-27(29)17-15-23-10-4-3-5-11-23/h3-7,10-14,16,20H,8-9,15,17-19H2,1-2H3. The number of fused-ring (bicyclic) bond motifs is 1. The van der Waals surface area contributed by atoms with Gasteiger partial charge in [-0.3, -0.25) is 0 Å². The highest BCUT2D eigenvalue weighted by Crippen LogP contribution is 2.20. The largest absolute Gasteiger partial charge is 0.493 e. The van der Waals surface area contributed by atoms with Crippen LogP contribution in [0.2, 0.25) is 0 Å². The third kappa shape index (κ3) is 4.91. The summed E-state index contributed by atoms with van der Waals surface area (Å²) < 4.78 is 8.41. The van der Waals surface area contributed by atoms with Gasteiger partial charge in [0.1, 0.15) is 11.6 Å². The van der Waals surface area contributed by atoms with Gasteiger partial charge in [0.2, 0.25) is 0 Å². The van der Waals surface area contributed by atoms with Crippen LogP contribution in [-0.2, 0) is 19.4 Å². The van der Waals surface area contributed by atoms with Gasteiger partial charge in [-0.05, 0) is 62.4 Å². The fraction of sp³-hybridized carbons (Fsp3) is 0.296. The van der Waals surface area contributed by atoms with E-state index in [1.165, 1.54) is 28.0 Å². The number of aryl methyl sites for hydroxylation is 5. The number of imidazole rings is 1. The summed E-state index contributed by atoms with van der Waals surface area (Å²) in [6, 6.07) is 25.5. The molecule has 0 aliphatic rings. The number of hydrogen-bond acceptors (Lipinski definition) is 2. The average molecular weight is 399 g/mol. The van der Waals surface area contributed by atoms with Crippen molar-refractivity contribution in [1.82, 2.24) is 9.55 Å². The van der Waals surface area contributed by atoms with Crippen LogP contribution < -0.4 is 4.74 Å². The maximum Gasteiger partial charge on any atom is 0.122 e. The minimum Gasteiger partial charge on any atom is -0.493 e. The maximum atomic E-state index is 6.01. The highest BCUT2D eigenvalue weighted by atomic mass is 16.5. The number of benzene rings is 3. The first-order valence-electron chi connectivity index (χ1n) is 10.9. The van der Waals surface area contributed by atoms with Crippen LogP contribution in [0, 0.1) is 13.8 Å². The lowest BCUT2D eigenvalue weighted by molar-refractivity contribution is 0.301. The molecule has 0 radical (unpaired) electrons. The van der Waals surface area contributed by atoms with E-state index in [1.807, 2.05) is 0 Å². The molecular weight excluding hydrogens is 368 g/mol. The van der Waals surface area contributed by atoms with E-state index in [2.05, 4.69) is 91.2 Å². The average Bonchev–Trinajstić information content (AvgIpc) is 3.12. The Morgan fingerprint density at radius 1 is 0.833 bits per heavy atom. The minimum atomic E-state index is 0.746. The molecule has 0 aliphatic carbocycles. The van der Waals surface area contributed by atoms with E-state index in [0.717, 1.165) is 50.1 Å². The van der Waals surface area contributed by atoms with Crippen molar-refractivity contribution >= 4 is 11.0 Å². The smallest absolute Gasteiger partial charge is 0.122 e. The molecule has 0 saturated heterocycles. The Morgan fingerprint density at radius 2 is 1.63 bits per heavy atom. The summed E-state index contributed by atoms with van der Waals surface area (Å²) in [5.41, 5.74) is 6.16. The van der Waals surface area contributed by atoms with Gasteiger partial charge in [-0.15, -0.1) is 0 Å². The Morgan fingerprint density at radius 3 is 2.47 bits per heavy atom. The molecule has 1 aromatic heterocycles. The molecule has 0 spiro atoms. The molecule has 0 saturated carbocycles. The van der Waals surface area contributed by atoms with Crippen LogP contribution in [-0.4, -0.2) is 16.2 Å². The van der Waals surface area contributed by atoms with Gasteiger partial charge < -0.3 is 9.30 Å².